The Morgan fingerprint density at radius 1 is 1.29 bits per heavy atom. The van der Waals surface area contributed by atoms with Gasteiger partial charge in [-0.1, -0.05) is 18.2 Å². The zero-order valence-corrected chi connectivity index (χ0v) is 16.5. The van der Waals surface area contributed by atoms with Crippen molar-refractivity contribution in [3.05, 3.63) is 54.1 Å². The minimum atomic E-state index is -0.142. The molecule has 28 heavy (non-hydrogen) atoms. The molecule has 1 unspecified atom stereocenters. The Kier molecular flexibility index (Phi) is 7.77. The maximum atomic E-state index is 12.8. The maximum Gasteiger partial charge on any atom is 0.256 e. The molecule has 1 N–H and O–H groups in total. The average Bonchev–Trinajstić information content (AvgIpc) is 3.24. The number of thioether (sulfide) groups is 1. The Morgan fingerprint density at radius 3 is 3.00 bits per heavy atom. The molecule has 146 valence electrons. The summed E-state index contributed by atoms with van der Waals surface area (Å²) in [6.45, 7) is 1.32. The molecular weight excluding hydrogens is 372 g/mol. The van der Waals surface area contributed by atoms with E-state index in [4.69, 9.17) is 14.7 Å². The lowest BCUT2D eigenvalue weighted by atomic mass is 10.2. The van der Waals surface area contributed by atoms with Crippen LogP contribution in [0.5, 0.6) is 5.75 Å². The van der Waals surface area contributed by atoms with Crippen LogP contribution in [0.4, 0.5) is 5.69 Å². The van der Waals surface area contributed by atoms with Gasteiger partial charge in [-0.05, 0) is 43.5 Å². The fourth-order valence-corrected chi connectivity index (χ4v) is 4.06. The van der Waals surface area contributed by atoms with Gasteiger partial charge in [0.2, 0.25) is 0 Å². The van der Waals surface area contributed by atoms with Gasteiger partial charge in [0.15, 0.2) is 0 Å². The van der Waals surface area contributed by atoms with Crippen LogP contribution in [0.3, 0.4) is 0 Å². The van der Waals surface area contributed by atoms with Gasteiger partial charge in [0.1, 0.15) is 5.75 Å². The number of hydrogen-bond acceptors (Lipinski definition) is 5. The van der Waals surface area contributed by atoms with Gasteiger partial charge in [-0.2, -0.15) is 5.26 Å². The highest BCUT2D eigenvalue weighted by Gasteiger charge is 2.18. The molecule has 0 aromatic heterocycles. The first kappa shape index (κ1) is 20.2. The van der Waals surface area contributed by atoms with Crippen molar-refractivity contribution < 1.29 is 14.3 Å². The zero-order valence-electron chi connectivity index (χ0n) is 15.7. The molecule has 1 heterocycles. The summed E-state index contributed by atoms with van der Waals surface area (Å²) in [5.41, 5.74) is 1.34. The number of nitriles is 1. The predicted octanol–water partition coefficient (Wildman–Crippen LogP) is 4.89. The Morgan fingerprint density at radius 2 is 2.18 bits per heavy atom. The molecule has 6 heteroatoms. The van der Waals surface area contributed by atoms with Gasteiger partial charge in [0.25, 0.3) is 5.91 Å². The summed E-state index contributed by atoms with van der Waals surface area (Å²) in [5.74, 6) is 1.39. The van der Waals surface area contributed by atoms with E-state index in [0.717, 1.165) is 30.1 Å². The van der Waals surface area contributed by atoms with E-state index in [1.165, 1.54) is 0 Å². The number of unbranched alkanes of at least 4 members (excludes halogenated alkanes) is 1. The van der Waals surface area contributed by atoms with E-state index in [0.29, 0.717) is 36.4 Å². The molecular formula is C22H24N2O3S. The first-order valence-corrected chi connectivity index (χ1v) is 10.5. The van der Waals surface area contributed by atoms with Crippen LogP contribution in [0.1, 0.15) is 36.0 Å². The van der Waals surface area contributed by atoms with Crippen LogP contribution >= 0.6 is 11.8 Å². The molecule has 3 rings (SSSR count). The zero-order chi connectivity index (χ0) is 19.6. The summed E-state index contributed by atoms with van der Waals surface area (Å²) in [5, 5.41) is 11.5. The molecule has 1 atom stereocenters. The second-order valence-corrected chi connectivity index (χ2v) is 7.60. The molecule has 0 radical (unpaired) electrons. The Labute approximate surface area is 170 Å². The molecule has 5 nitrogen and oxygen atoms in total. The molecule has 2 aromatic carbocycles. The van der Waals surface area contributed by atoms with E-state index >= 15 is 0 Å². The first-order chi connectivity index (χ1) is 13.8. The second-order valence-electron chi connectivity index (χ2n) is 6.53. The van der Waals surface area contributed by atoms with Crippen LogP contribution in [0.15, 0.2) is 53.4 Å². The van der Waals surface area contributed by atoms with Crippen molar-refractivity contribution in [2.24, 2.45) is 0 Å². The van der Waals surface area contributed by atoms with Gasteiger partial charge in [-0.3, -0.25) is 4.79 Å². The van der Waals surface area contributed by atoms with Gasteiger partial charge < -0.3 is 14.8 Å². The third kappa shape index (κ3) is 6.01. The van der Waals surface area contributed by atoms with Crippen LogP contribution in [-0.4, -0.2) is 31.0 Å². The van der Waals surface area contributed by atoms with Gasteiger partial charge in [0, 0.05) is 35.4 Å². The third-order valence-corrected chi connectivity index (χ3v) is 5.58. The standard InChI is InChI=1S/C22H24N2O3S/c23-12-3-4-13-26-18-8-5-7-17(15-18)24-22(25)20-10-1-2-11-21(20)28-16-19-9-6-14-27-19/h1-2,5,7-8,10-11,15,19H,3-4,6,9,13-14,16H2,(H,24,25). The number of nitrogens with zero attached hydrogens (tertiary/aromatic N) is 1. The highest BCUT2D eigenvalue weighted by Crippen LogP contribution is 2.27. The fourth-order valence-electron chi connectivity index (χ4n) is 2.94. The number of carbonyl (C=O) groups excluding carboxylic acids is 1. The van der Waals surface area contributed by atoms with Crippen molar-refractivity contribution in [1.29, 1.82) is 5.26 Å². The van der Waals surface area contributed by atoms with Crippen molar-refractivity contribution in [3.8, 4) is 11.8 Å². The van der Waals surface area contributed by atoms with Crippen LogP contribution in [0.25, 0.3) is 0 Å². The van der Waals surface area contributed by atoms with E-state index in [-0.39, 0.29) is 12.0 Å². The van der Waals surface area contributed by atoms with Crippen molar-refractivity contribution in [1.82, 2.24) is 0 Å². The topological polar surface area (TPSA) is 71.3 Å². The predicted molar refractivity (Wildman–Crippen MR) is 111 cm³/mol. The SMILES string of the molecule is N#CCCCOc1cccc(NC(=O)c2ccccc2SCC2CCCO2)c1. The first-order valence-electron chi connectivity index (χ1n) is 9.51. The molecule has 0 spiro atoms. The summed E-state index contributed by atoms with van der Waals surface area (Å²) in [4.78, 5) is 13.8. The Hall–Kier alpha value is -2.49. The lowest BCUT2D eigenvalue weighted by Gasteiger charge is -2.13. The number of ether oxygens (including phenoxy) is 2. The van der Waals surface area contributed by atoms with E-state index in [9.17, 15) is 4.79 Å². The van der Waals surface area contributed by atoms with Crippen LogP contribution in [0, 0.1) is 11.3 Å². The van der Waals surface area contributed by atoms with Gasteiger partial charge in [-0.15, -0.1) is 11.8 Å². The Bertz CT molecular complexity index is 829. The van der Waals surface area contributed by atoms with Crippen LogP contribution in [0.2, 0.25) is 0 Å². The summed E-state index contributed by atoms with van der Waals surface area (Å²) in [7, 11) is 0. The summed E-state index contributed by atoms with van der Waals surface area (Å²) in [6, 6.07) is 17.1. The summed E-state index contributed by atoms with van der Waals surface area (Å²) in [6.07, 6.45) is 3.63. The lowest BCUT2D eigenvalue weighted by molar-refractivity contribution is 0.102. The average molecular weight is 397 g/mol. The normalized spacial score (nSPS) is 15.8. The molecule has 1 fully saturated rings. The molecule has 0 aliphatic carbocycles. The number of hydrogen-bond donors (Lipinski definition) is 1. The third-order valence-electron chi connectivity index (χ3n) is 4.37. The highest BCUT2D eigenvalue weighted by atomic mass is 32.2. The molecule has 2 aromatic rings. The van der Waals surface area contributed by atoms with E-state index in [2.05, 4.69) is 11.4 Å². The molecule has 1 amide bonds. The number of benzene rings is 2. The van der Waals surface area contributed by atoms with Crippen molar-refractivity contribution in [3.63, 3.8) is 0 Å². The number of carbonyl (C=O) groups is 1. The minimum absolute atomic E-state index is 0.142. The smallest absolute Gasteiger partial charge is 0.256 e. The van der Waals surface area contributed by atoms with Crippen molar-refractivity contribution in [2.75, 3.05) is 24.3 Å². The molecule has 0 saturated carbocycles. The number of nitrogens with one attached hydrogen (secondary N) is 1. The maximum absolute atomic E-state index is 12.8. The van der Waals surface area contributed by atoms with E-state index in [1.54, 1.807) is 17.8 Å². The molecule has 0 bridgehead atoms. The monoisotopic (exact) mass is 396 g/mol. The van der Waals surface area contributed by atoms with Crippen molar-refractivity contribution >= 4 is 23.4 Å². The number of rotatable bonds is 9. The number of amides is 1. The minimum Gasteiger partial charge on any atom is -0.493 e. The highest BCUT2D eigenvalue weighted by molar-refractivity contribution is 7.99. The van der Waals surface area contributed by atoms with Gasteiger partial charge in [0.05, 0.1) is 24.3 Å². The van der Waals surface area contributed by atoms with Gasteiger partial charge in [-0.25, -0.2) is 0 Å². The lowest BCUT2D eigenvalue weighted by Crippen LogP contribution is -2.14. The van der Waals surface area contributed by atoms with Crippen LogP contribution < -0.4 is 10.1 Å². The summed E-state index contributed by atoms with van der Waals surface area (Å²) < 4.78 is 11.3. The largest absolute Gasteiger partial charge is 0.493 e. The van der Waals surface area contributed by atoms with Gasteiger partial charge >= 0.3 is 0 Å². The number of anilines is 1. The van der Waals surface area contributed by atoms with E-state index < -0.39 is 0 Å². The van der Waals surface area contributed by atoms with Crippen LogP contribution in [-0.2, 0) is 4.74 Å². The Balaban J connectivity index is 1.60. The quantitative estimate of drug-likeness (QED) is 0.482. The molecule has 1 aliphatic rings. The van der Waals surface area contributed by atoms with Crippen molar-refractivity contribution in [2.45, 2.75) is 36.7 Å². The fraction of sp³-hybridized carbons (Fsp3) is 0.364. The van der Waals surface area contributed by atoms with E-state index in [1.807, 2.05) is 42.5 Å². The molecule has 1 saturated heterocycles. The summed E-state index contributed by atoms with van der Waals surface area (Å²) >= 11 is 1.67. The molecule has 1 aliphatic heterocycles. The second kappa shape index (κ2) is 10.7.